The van der Waals surface area contributed by atoms with Crippen LogP contribution in [0.2, 0.25) is 0 Å². The van der Waals surface area contributed by atoms with E-state index in [9.17, 15) is 4.79 Å². The third-order valence-electron chi connectivity index (χ3n) is 2.69. The maximum absolute atomic E-state index is 11.8. The van der Waals surface area contributed by atoms with Gasteiger partial charge in [0.2, 0.25) is 5.91 Å². The lowest BCUT2D eigenvalue weighted by Gasteiger charge is -2.28. The molecule has 1 saturated heterocycles. The van der Waals surface area contributed by atoms with Gasteiger partial charge in [-0.2, -0.15) is 0 Å². The zero-order valence-corrected chi connectivity index (χ0v) is 9.98. The van der Waals surface area contributed by atoms with Gasteiger partial charge in [0, 0.05) is 13.1 Å². The third kappa shape index (κ3) is 3.76. The summed E-state index contributed by atoms with van der Waals surface area (Å²) in [4.78, 5) is 12.0. The van der Waals surface area contributed by atoms with Gasteiger partial charge < -0.3 is 5.73 Å². The zero-order chi connectivity index (χ0) is 11.3. The number of carbonyl (C=O) groups is 1. The quantitative estimate of drug-likeness (QED) is 0.701. The van der Waals surface area contributed by atoms with E-state index in [1.165, 1.54) is 6.42 Å². The van der Waals surface area contributed by atoms with E-state index in [2.05, 4.69) is 5.43 Å². The second kappa shape index (κ2) is 6.02. The predicted molar refractivity (Wildman–Crippen MR) is 64.1 cm³/mol. The van der Waals surface area contributed by atoms with E-state index in [4.69, 9.17) is 18.0 Å². The van der Waals surface area contributed by atoms with Gasteiger partial charge in [-0.1, -0.05) is 25.6 Å². The van der Waals surface area contributed by atoms with Gasteiger partial charge in [0.25, 0.3) is 0 Å². The van der Waals surface area contributed by atoms with Crippen LogP contribution >= 0.6 is 12.2 Å². The molecule has 1 aliphatic heterocycles. The molecule has 0 radical (unpaired) electrons. The number of rotatable bonds is 4. The molecule has 0 saturated carbocycles. The molecule has 0 spiro atoms. The lowest BCUT2D eigenvalue weighted by Crippen LogP contribution is -2.49. The molecule has 1 atom stereocenters. The van der Waals surface area contributed by atoms with Crippen molar-refractivity contribution in [3.8, 4) is 0 Å². The number of nitrogens with two attached hydrogens (primary N) is 1. The summed E-state index contributed by atoms with van der Waals surface area (Å²) in [5.74, 6) is -0.395. The molecule has 15 heavy (non-hydrogen) atoms. The number of piperidine rings is 1. The fourth-order valence-corrected chi connectivity index (χ4v) is 2.03. The van der Waals surface area contributed by atoms with E-state index in [1.807, 2.05) is 11.9 Å². The topological polar surface area (TPSA) is 58.4 Å². The van der Waals surface area contributed by atoms with Crippen LogP contribution in [0, 0.1) is 5.92 Å². The zero-order valence-electron chi connectivity index (χ0n) is 9.16. The first-order valence-electron chi connectivity index (χ1n) is 5.50. The summed E-state index contributed by atoms with van der Waals surface area (Å²) in [6, 6.07) is 0. The summed E-state index contributed by atoms with van der Waals surface area (Å²) in [5, 5.41) is 1.97. The summed E-state index contributed by atoms with van der Waals surface area (Å²) in [6.07, 6.45) is 4.20. The van der Waals surface area contributed by atoms with Crippen LogP contribution in [0.4, 0.5) is 0 Å². The molecule has 5 heteroatoms. The highest BCUT2D eigenvalue weighted by atomic mass is 32.1. The van der Waals surface area contributed by atoms with Gasteiger partial charge in [-0.15, -0.1) is 0 Å². The average molecular weight is 229 g/mol. The molecule has 0 aromatic heterocycles. The van der Waals surface area contributed by atoms with E-state index < -0.39 is 0 Å². The maximum Gasteiger partial charge on any atom is 0.244 e. The Morgan fingerprint density at radius 1 is 1.47 bits per heavy atom. The molecule has 0 bridgehead atoms. The molecule has 0 aromatic carbocycles. The van der Waals surface area contributed by atoms with E-state index in [0.717, 1.165) is 25.9 Å². The highest BCUT2D eigenvalue weighted by molar-refractivity contribution is 7.80. The van der Waals surface area contributed by atoms with Gasteiger partial charge in [0.1, 0.15) is 0 Å². The minimum Gasteiger partial charge on any atom is -0.393 e. The van der Waals surface area contributed by atoms with Crippen molar-refractivity contribution in [2.45, 2.75) is 32.6 Å². The lowest BCUT2D eigenvalue weighted by atomic mass is 10.1. The molecule has 1 fully saturated rings. The van der Waals surface area contributed by atoms with E-state index >= 15 is 0 Å². The molecular weight excluding hydrogens is 210 g/mol. The van der Waals surface area contributed by atoms with Crippen molar-refractivity contribution in [3.63, 3.8) is 0 Å². The van der Waals surface area contributed by atoms with Crippen molar-refractivity contribution in [2.75, 3.05) is 13.1 Å². The fourth-order valence-electron chi connectivity index (χ4n) is 1.76. The van der Waals surface area contributed by atoms with Crippen LogP contribution in [0.25, 0.3) is 0 Å². The van der Waals surface area contributed by atoms with Crippen molar-refractivity contribution < 1.29 is 4.79 Å². The van der Waals surface area contributed by atoms with Crippen LogP contribution < -0.4 is 11.2 Å². The Labute approximate surface area is 96.2 Å². The number of carbonyl (C=O) groups excluding carboxylic acids is 1. The van der Waals surface area contributed by atoms with Gasteiger partial charge >= 0.3 is 0 Å². The monoisotopic (exact) mass is 229 g/mol. The second-order valence-corrected chi connectivity index (χ2v) is 4.36. The largest absolute Gasteiger partial charge is 0.393 e. The summed E-state index contributed by atoms with van der Waals surface area (Å²) in [7, 11) is 0. The molecule has 86 valence electrons. The molecule has 1 rings (SSSR count). The Morgan fingerprint density at radius 3 is 2.53 bits per heavy atom. The predicted octanol–water partition coefficient (Wildman–Crippen LogP) is 0.816. The van der Waals surface area contributed by atoms with Gasteiger partial charge in [-0.25, -0.2) is 5.01 Å². The normalized spacial score (nSPS) is 19.5. The SMILES string of the molecule is CCC(C(=O)NN1CCCCC1)C(N)=S. The van der Waals surface area contributed by atoms with E-state index in [-0.39, 0.29) is 16.8 Å². The van der Waals surface area contributed by atoms with Crippen molar-refractivity contribution in [3.05, 3.63) is 0 Å². The maximum atomic E-state index is 11.8. The Hall–Kier alpha value is -0.680. The number of nitrogens with one attached hydrogen (secondary N) is 1. The molecule has 1 unspecified atom stereocenters. The Bertz CT molecular complexity index is 239. The number of hydrogen-bond donors (Lipinski definition) is 2. The summed E-state index contributed by atoms with van der Waals surface area (Å²) in [5.41, 5.74) is 8.38. The van der Waals surface area contributed by atoms with Gasteiger partial charge in [0.15, 0.2) is 0 Å². The molecule has 4 nitrogen and oxygen atoms in total. The first-order valence-corrected chi connectivity index (χ1v) is 5.90. The molecule has 0 aliphatic carbocycles. The highest BCUT2D eigenvalue weighted by Crippen LogP contribution is 2.08. The smallest absolute Gasteiger partial charge is 0.244 e. The number of amides is 1. The minimum absolute atomic E-state index is 0.0631. The number of hydrogen-bond acceptors (Lipinski definition) is 3. The minimum atomic E-state index is -0.332. The van der Waals surface area contributed by atoms with Crippen LogP contribution in [0.1, 0.15) is 32.6 Å². The number of thiocarbonyl (C=S) groups is 1. The highest BCUT2D eigenvalue weighted by Gasteiger charge is 2.21. The average Bonchev–Trinajstić information content (AvgIpc) is 2.19. The number of nitrogens with zero attached hydrogens (tertiary/aromatic N) is 1. The standard InChI is InChI=1S/C10H19N3OS/c1-2-8(9(11)15)10(14)12-13-6-4-3-5-7-13/h8H,2-7H2,1H3,(H2,11,15)(H,12,14). The fraction of sp³-hybridized carbons (Fsp3) is 0.800. The van der Waals surface area contributed by atoms with Crippen LogP contribution in [-0.2, 0) is 4.79 Å². The molecule has 3 N–H and O–H groups in total. The Morgan fingerprint density at radius 2 is 2.07 bits per heavy atom. The summed E-state index contributed by atoms with van der Waals surface area (Å²) < 4.78 is 0. The van der Waals surface area contributed by atoms with Crippen LogP contribution in [-0.4, -0.2) is 29.0 Å². The van der Waals surface area contributed by atoms with Gasteiger partial charge in [-0.3, -0.25) is 10.2 Å². The van der Waals surface area contributed by atoms with Crippen LogP contribution in [0.15, 0.2) is 0 Å². The second-order valence-electron chi connectivity index (χ2n) is 3.89. The van der Waals surface area contributed by atoms with Gasteiger partial charge in [0.05, 0.1) is 10.9 Å². The van der Waals surface area contributed by atoms with E-state index in [1.54, 1.807) is 0 Å². The molecule has 1 aliphatic rings. The molecular formula is C10H19N3OS. The summed E-state index contributed by atoms with van der Waals surface area (Å²) >= 11 is 4.86. The van der Waals surface area contributed by atoms with E-state index in [0.29, 0.717) is 6.42 Å². The lowest BCUT2D eigenvalue weighted by molar-refractivity contribution is -0.128. The molecule has 0 aromatic rings. The Balaban J connectivity index is 2.42. The first-order chi connectivity index (χ1) is 7.15. The van der Waals surface area contributed by atoms with Crippen molar-refractivity contribution in [1.82, 2.24) is 10.4 Å². The van der Waals surface area contributed by atoms with Gasteiger partial charge in [-0.05, 0) is 19.3 Å². The van der Waals surface area contributed by atoms with Crippen LogP contribution in [0.5, 0.6) is 0 Å². The first kappa shape index (κ1) is 12.4. The third-order valence-corrected chi connectivity index (χ3v) is 2.98. The van der Waals surface area contributed by atoms with Crippen molar-refractivity contribution >= 4 is 23.1 Å². The van der Waals surface area contributed by atoms with Crippen molar-refractivity contribution in [1.29, 1.82) is 0 Å². The number of hydrazine groups is 1. The van der Waals surface area contributed by atoms with Crippen molar-refractivity contribution in [2.24, 2.45) is 11.7 Å². The Kier molecular flexibility index (Phi) is 4.98. The molecule has 1 amide bonds. The van der Waals surface area contributed by atoms with Crippen LogP contribution in [0.3, 0.4) is 0 Å². The summed E-state index contributed by atoms with van der Waals surface area (Å²) in [6.45, 7) is 3.78. The molecule has 1 heterocycles.